The van der Waals surface area contributed by atoms with Crippen molar-refractivity contribution in [2.45, 2.75) is 26.9 Å². The van der Waals surface area contributed by atoms with Gasteiger partial charge in [-0.05, 0) is 32.0 Å². The first-order chi connectivity index (χ1) is 9.52. The minimum absolute atomic E-state index is 0.276. The van der Waals surface area contributed by atoms with Gasteiger partial charge < -0.3 is 15.2 Å². The molecule has 0 aliphatic rings. The van der Waals surface area contributed by atoms with Crippen molar-refractivity contribution in [2.75, 3.05) is 7.11 Å². The van der Waals surface area contributed by atoms with Crippen LogP contribution in [0.3, 0.4) is 0 Å². The lowest BCUT2D eigenvalue weighted by Gasteiger charge is -2.09. The Morgan fingerprint density at radius 1 is 1.30 bits per heavy atom. The molecule has 0 amide bonds. The largest absolute Gasteiger partial charge is 0.508 e. The summed E-state index contributed by atoms with van der Waals surface area (Å²) in [5.74, 6) is 1.02. The van der Waals surface area contributed by atoms with E-state index < -0.39 is 0 Å². The molecule has 0 fully saturated rings. The number of nitrogens with zero attached hydrogens (tertiary/aromatic N) is 2. The van der Waals surface area contributed by atoms with Gasteiger partial charge in [0.25, 0.3) is 0 Å². The van der Waals surface area contributed by atoms with Crippen LogP contribution in [0.5, 0.6) is 11.5 Å². The van der Waals surface area contributed by atoms with Crippen molar-refractivity contribution in [1.82, 2.24) is 15.1 Å². The zero-order valence-electron chi connectivity index (χ0n) is 12.4. The van der Waals surface area contributed by atoms with Crippen molar-refractivity contribution in [3.8, 4) is 11.5 Å². The van der Waals surface area contributed by atoms with Crippen LogP contribution in [0.25, 0.3) is 0 Å². The lowest BCUT2D eigenvalue weighted by atomic mass is 10.1. The molecule has 0 aliphatic carbocycles. The zero-order valence-corrected chi connectivity index (χ0v) is 12.4. The predicted octanol–water partition coefficient (Wildman–Crippen LogP) is 2.04. The summed E-state index contributed by atoms with van der Waals surface area (Å²) in [6.07, 6.45) is 0. The molecule has 0 spiro atoms. The van der Waals surface area contributed by atoms with Gasteiger partial charge in [-0.25, -0.2) is 0 Å². The Bertz CT molecular complexity index is 605. The molecule has 0 unspecified atom stereocenters. The number of ether oxygens (including phenoxy) is 1. The summed E-state index contributed by atoms with van der Waals surface area (Å²) in [6.45, 7) is 5.37. The van der Waals surface area contributed by atoms with Gasteiger partial charge in [-0.1, -0.05) is 0 Å². The third-order valence-corrected chi connectivity index (χ3v) is 3.56. The van der Waals surface area contributed by atoms with Crippen LogP contribution in [0, 0.1) is 13.8 Å². The van der Waals surface area contributed by atoms with Gasteiger partial charge in [-0.15, -0.1) is 0 Å². The molecule has 0 aliphatic heterocycles. The average molecular weight is 275 g/mol. The number of aryl methyl sites for hydroxylation is 2. The number of rotatable bonds is 5. The number of aromatic nitrogens is 2. The number of hydrogen-bond donors (Lipinski definition) is 2. The molecule has 1 aromatic heterocycles. The Hall–Kier alpha value is -2.01. The molecular formula is C15H21N3O2. The van der Waals surface area contributed by atoms with Gasteiger partial charge in [0, 0.05) is 37.0 Å². The summed E-state index contributed by atoms with van der Waals surface area (Å²) >= 11 is 0. The first kappa shape index (κ1) is 14.4. The molecule has 20 heavy (non-hydrogen) atoms. The average Bonchev–Trinajstić information content (AvgIpc) is 2.67. The van der Waals surface area contributed by atoms with E-state index >= 15 is 0 Å². The highest BCUT2D eigenvalue weighted by Crippen LogP contribution is 2.22. The topological polar surface area (TPSA) is 59.3 Å². The molecule has 1 aromatic carbocycles. The second kappa shape index (κ2) is 5.96. The van der Waals surface area contributed by atoms with Crippen LogP contribution < -0.4 is 10.1 Å². The van der Waals surface area contributed by atoms with E-state index in [1.165, 1.54) is 5.56 Å². The highest BCUT2D eigenvalue weighted by Gasteiger charge is 2.09. The van der Waals surface area contributed by atoms with Gasteiger partial charge >= 0.3 is 0 Å². The lowest BCUT2D eigenvalue weighted by molar-refractivity contribution is 0.410. The third-order valence-electron chi connectivity index (χ3n) is 3.56. The maximum absolute atomic E-state index is 9.83. The number of nitrogens with one attached hydrogen (secondary N) is 1. The number of methoxy groups -OCH3 is 1. The van der Waals surface area contributed by atoms with E-state index in [0.717, 1.165) is 29.2 Å². The van der Waals surface area contributed by atoms with Crippen molar-refractivity contribution in [3.05, 3.63) is 40.7 Å². The third kappa shape index (κ3) is 2.93. The molecule has 108 valence electrons. The number of aromatic hydroxyl groups is 1. The Morgan fingerprint density at radius 2 is 2.05 bits per heavy atom. The Labute approximate surface area is 119 Å². The quantitative estimate of drug-likeness (QED) is 0.876. The minimum Gasteiger partial charge on any atom is -0.508 e. The summed E-state index contributed by atoms with van der Waals surface area (Å²) in [5.41, 5.74) is 4.22. The van der Waals surface area contributed by atoms with Crippen molar-refractivity contribution in [1.29, 1.82) is 0 Å². The number of hydrogen-bond acceptors (Lipinski definition) is 4. The lowest BCUT2D eigenvalue weighted by Crippen LogP contribution is -2.14. The molecule has 2 N–H and O–H groups in total. The molecule has 1 heterocycles. The number of phenolic OH excluding ortho intramolecular Hbond substituents is 1. The van der Waals surface area contributed by atoms with Crippen LogP contribution in [0.15, 0.2) is 18.2 Å². The number of phenols is 1. The van der Waals surface area contributed by atoms with Crippen molar-refractivity contribution in [3.63, 3.8) is 0 Å². The van der Waals surface area contributed by atoms with Crippen LogP contribution in [0.2, 0.25) is 0 Å². The second-order valence-corrected chi connectivity index (χ2v) is 4.87. The molecule has 0 saturated carbocycles. The monoisotopic (exact) mass is 275 g/mol. The molecule has 5 nitrogen and oxygen atoms in total. The Balaban J connectivity index is 2.02. The van der Waals surface area contributed by atoms with Crippen LogP contribution in [0.1, 0.15) is 22.5 Å². The van der Waals surface area contributed by atoms with E-state index in [-0.39, 0.29) is 5.75 Å². The molecule has 0 saturated heterocycles. The first-order valence-corrected chi connectivity index (χ1v) is 6.58. The zero-order chi connectivity index (χ0) is 14.7. The van der Waals surface area contributed by atoms with Gasteiger partial charge in [0.1, 0.15) is 11.5 Å². The van der Waals surface area contributed by atoms with Gasteiger partial charge in [0.05, 0.1) is 12.8 Å². The summed E-state index contributed by atoms with van der Waals surface area (Å²) < 4.78 is 7.05. The van der Waals surface area contributed by atoms with Crippen molar-refractivity contribution in [2.24, 2.45) is 7.05 Å². The summed E-state index contributed by atoms with van der Waals surface area (Å²) in [4.78, 5) is 0. The van der Waals surface area contributed by atoms with E-state index in [2.05, 4.69) is 17.3 Å². The molecule has 0 atom stereocenters. The summed E-state index contributed by atoms with van der Waals surface area (Å²) in [5, 5.41) is 17.6. The first-order valence-electron chi connectivity index (χ1n) is 6.58. The molecule has 2 aromatic rings. The summed E-state index contributed by atoms with van der Waals surface area (Å²) in [6, 6.07) is 5.23. The number of benzene rings is 1. The smallest absolute Gasteiger partial charge is 0.120 e. The maximum Gasteiger partial charge on any atom is 0.120 e. The molecular weight excluding hydrogens is 254 g/mol. The fourth-order valence-corrected chi connectivity index (χ4v) is 2.23. The SMILES string of the molecule is COc1ccc(O)c(CNCc2c(C)nn(C)c2C)c1. The van der Waals surface area contributed by atoms with E-state index in [0.29, 0.717) is 6.54 Å². The standard InChI is InChI=1S/C15H21N3O2/c1-10-14(11(2)18(3)17-10)9-16-8-12-7-13(20-4)5-6-15(12)19/h5-7,16,19H,8-9H2,1-4H3. The molecule has 2 rings (SSSR count). The minimum atomic E-state index is 0.276. The van der Waals surface area contributed by atoms with Crippen molar-refractivity contribution >= 4 is 0 Å². The van der Waals surface area contributed by atoms with Gasteiger partial charge in [0.15, 0.2) is 0 Å². The van der Waals surface area contributed by atoms with Crippen LogP contribution >= 0.6 is 0 Å². The normalized spacial score (nSPS) is 10.8. The second-order valence-electron chi connectivity index (χ2n) is 4.87. The molecule has 0 radical (unpaired) electrons. The van der Waals surface area contributed by atoms with Crippen LogP contribution in [-0.2, 0) is 20.1 Å². The fraction of sp³-hybridized carbons (Fsp3) is 0.400. The van der Waals surface area contributed by atoms with E-state index in [9.17, 15) is 5.11 Å². The van der Waals surface area contributed by atoms with Gasteiger partial charge in [-0.2, -0.15) is 5.10 Å². The van der Waals surface area contributed by atoms with Crippen LogP contribution in [0.4, 0.5) is 0 Å². The highest BCUT2D eigenvalue weighted by atomic mass is 16.5. The van der Waals surface area contributed by atoms with Gasteiger partial charge in [0.2, 0.25) is 0 Å². The molecule has 0 bridgehead atoms. The van der Waals surface area contributed by atoms with Gasteiger partial charge in [-0.3, -0.25) is 4.68 Å². The molecule has 5 heteroatoms. The maximum atomic E-state index is 9.83. The fourth-order valence-electron chi connectivity index (χ4n) is 2.23. The van der Waals surface area contributed by atoms with E-state index in [4.69, 9.17) is 4.74 Å². The van der Waals surface area contributed by atoms with E-state index in [1.807, 2.05) is 24.7 Å². The van der Waals surface area contributed by atoms with E-state index in [1.54, 1.807) is 19.2 Å². The van der Waals surface area contributed by atoms with Crippen LogP contribution in [-0.4, -0.2) is 22.0 Å². The predicted molar refractivity (Wildman–Crippen MR) is 77.9 cm³/mol. The summed E-state index contributed by atoms with van der Waals surface area (Å²) in [7, 11) is 3.56. The Kier molecular flexibility index (Phi) is 4.29. The highest BCUT2D eigenvalue weighted by molar-refractivity contribution is 5.39. The van der Waals surface area contributed by atoms with Crippen molar-refractivity contribution < 1.29 is 9.84 Å². The Morgan fingerprint density at radius 3 is 2.65 bits per heavy atom.